The summed E-state index contributed by atoms with van der Waals surface area (Å²) in [5.74, 6) is 2.04. The van der Waals surface area contributed by atoms with Gasteiger partial charge in [0.05, 0.1) is 13.1 Å². The fourth-order valence-electron chi connectivity index (χ4n) is 4.34. The zero-order valence-electron chi connectivity index (χ0n) is 15.0. The fourth-order valence-corrected chi connectivity index (χ4v) is 4.64. The van der Waals surface area contributed by atoms with Crippen molar-refractivity contribution >= 4 is 12.2 Å². The van der Waals surface area contributed by atoms with Crippen LogP contribution in [0.1, 0.15) is 43.5 Å². The SMILES string of the molecule is S=c1n(C[NH+]2CCC(Cc3ccccc3)CC2)nc2n1CCCCC2. The van der Waals surface area contributed by atoms with Gasteiger partial charge in [-0.15, -0.1) is 0 Å². The van der Waals surface area contributed by atoms with Gasteiger partial charge >= 0.3 is 0 Å². The number of quaternary nitrogens is 1. The molecule has 25 heavy (non-hydrogen) atoms. The molecule has 4 nitrogen and oxygen atoms in total. The number of rotatable bonds is 4. The Balaban J connectivity index is 1.34. The molecule has 0 radical (unpaired) electrons. The molecule has 4 rings (SSSR count). The Morgan fingerprint density at radius 3 is 2.68 bits per heavy atom. The monoisotopic (exact) mass is 357 g/mol. The molecule has 0 spiro atoms. The van der Waals surface area contributed by atoms with Crippen LogP contribution in [0, 0.1) is 10.7 Å². The molecular weight excluding hydrogens is 328 g/mol. The number of benzene rings is 1. The average Bonchev–Trinajstić information content (AvgIpc) is 2.81. The van der Waals surface area contributed by atoms with Gasteiger partial charge in [0, 0.05) is 13.0 Å². The van der Waals surface area contributed by atoms with Crippen LogP contribution in [0.4, 0.5) is 0 Å². The third kappa shape index (κ3) is 4.04. The number of piperidine rings is 1. The van der Waals surface area contributed by atoms with E-state index in [1.54, 1.807) is 4.90 Å². The van der Waals surface area contributed by atoms with E-state index in [-0.39, 0.29) is 0 Å². The van der Waals surface area contributed by atoms with E-state index in [9.17, 15) is 0 Å². The van der Waals surface area contributed by atoms with Crippen LogP contribution in [0.2, 0.25) is 0 Å². The van der Waals surface area contributed by atoms with Gasteiger partial charge < -0.3 is 9.47 Å². The highest BCUT2D eigenvalue weighted by Gasteiger charge is 2.24. The normalized spacial score (nSPS) is 23.8. The summed E-state index contributed by atoms with van der Waals surface area (Å²) in [4.78, 5) is 1.63. The van der Waals surface area contributed by atoms with Crippen molar-refractivity contribution in [1.82, 2.24) is 14.3 Å². The highest BCUT2D eigenvalue weighted by atomic mass is 32.1. The largest absolute Gasteiger partial charge is 0.316 e. The lowest BCUT2D eigenvalue weighted by Crippen LogP contribution is -3.12. The van der Waals surface area contributed by atoms with Gasteiger partial charge in [-0.1, -0.05) is 36.8 Å². The van der Waals surface area contributed by atoms with E-state index in [1.807, 2.05) is 0 Å². The summed E-state index contributed by atoms with van der Waals surface area (Å²) >= 11 is 5.70. The van der Waals surface area contributed by atoms with Crippen LogP contribution in [-0.4, -0.2) is 27.4 Å². The van der Waals surface area contributed by atoms with E-state index < -0.39 is 0 Å². The summed E-state index contributed by atoms with van der Waals surface area (Å²) in [7, 11) is 0. The second kappa shape index (κ2) is 7.83. The minimum atomic E-state index is 0.831. The van der Waals surface area contributed by atoms with Crippen molar-refractivity contribution in [3.8, 4) is 0 Å². The molecule has 0 atom stereocenters. The van der Waals surface area contributed by atoms with Crippen LogP contribution in [0.5, 0.6) is 0 Å². The van der Waals surface area contributed by atoms with Crippen LogP contribution < -0.4 is 4.90 Å². The summed E-state index contributed by atoms with van der Waals surface area (Å²) in [6.45, 7) is 4.47. The summed E-state index contributed by atoms with van der Waals surface area (Å²) < 4.78 is 5.32. The first-order valence-corrected chi connectivity index (χ1v) is 10.2. The Morgan fingerprint density at radius 2 is 1.88 bits per heavy atom. The predicted molar refractivity (Wildman–Crippen MR) is 102 cm³/mol. The van der Waals surface area contributed by atoms with Crippen LogP contribution in [-0.2, 0) is 26.1 Å². The van der Waals surface area contributed by atoms with Crippen molar-refractivity contribution in [1.29, 1.82) is 0 Å². The molecular formula is C20H29N4S+. The fraction of sp³-hybridized carbons (Fsp3) is 0.600. The molecule has 1 aromatic carbocycles. The number of hydrogen-bond acceptors (Lipinski definition) is 2. The van der Waals surface area contributed by atoms with Crippen molar-refractivity contribution in [3.05, 3.63) is 46.5 Å². The van der Waals surface area contributed by atoms with E-state index in [0.717, 1.165) is 30.3 Å². The molecule has 2 aliphatic heterocycles. The molecule has 5 heteroatoms. The molecule has 0 unspecified atom stereocenters. The van der Waals surface area contributed by atoms with Gasteiger partial charge in [0.1, 0.15) is 5.82 Å². The first-order valence-electron chi connectivity index (χ1n) is 9.83. The van der Waals surface area contributed by atoms with Gasteiger partial charge in [-0.25, -0.2) is 0 Å². The number of aromatic nitrogens is 3. The Labute approximate surface area is 155 Å². The van der Waals surface area contributed by atoms with Crippen molar-refractivity contribution in [2.45, 2.75) is 58.2 Å². The molecule has 2 aromatic rings. The predicted octanol–water partition coefficient (Wildman–Crippen LogP) is 2.64. The molecule has 0 amide bonds. The highest BCUT2D eigenvalue weighted by molar-refractivity contribution is 7.71. The molecule has 0 bridgehead atoms. The van der Waals surface area contributed by atoms with E-state index >= 15 is 0 Å². The average molecular weight is 358 g/mol. The summed E-state index contributed by atoms with van der Waals surface area (Å²) in [5, 5.41) is 4.85. The first-order chi connectivity index (χ1) is 12.3. The smallest absolute Gasteiger partial charge is 0.202 e. The molecule has 1 saturated heterocycles. The Hall–Kier alpha value is -1.46. The highest BCUT2D eigenvalue weighted by Crippen LogP contribution is 2.17. The van der Waals surface area contributed by atoms with Gasteiger partial charge in [0.15, 0.2) is 6.67 Å². The van der Waals surface area contributed by atoms with Gasteiger partial charge in [0.2, 0.25) is 4.77 Å². The lowest BCUT2D eigenvalue weighted by molar-refractivity contribution is -0.929. The molecule has 2 aliphatic rings. The van der Waals surface area contributed by atoms with Crippen LogP contribution >= 0.6 is 12.2 Å². The molecule has 1 aromatic heterocycles. The third-order valence-electron chi connectivity index (χ3n) is 5.83. The standard InChI is InChI=1S/C20H28N4S/c25-20-23-12-6-2-5-9-19(23)21-24(20)16-22-13-10-18(11-14-22)15-17-7-3-1-4-8-17/h1,3-4,7-8,18H,2,5-6,9-16H2/p+1. The van der Waals surface area contributed by atoms with Crippen LogP contribution in [0.25, 0.3) is 0 Å². The van der Waals surface area contributed by atoms with Gasteiger partial charge in [-0.3, -0.25) is 0 Å². The number of hydrogen-bond donors (Lipinski definition) is 1. The third-order valence-corrected chi connectivity index (χ3v) is 6.27. The van der Waals surface area contributed by atoms with E-state index in [1.165, 1.54) is 63.0 Å². The number of nitrogens with zero attached hydrogens (tertiary/aromatic N) is 3. The quantitative estimate of drug-likeness (QED) is 0.852. The molecule has 0 saturated carbocycles. The van der Waals surface area contributed by atoms with E-state index in [4.69, 9.17) is 17.3 Å². The van der Waals surface area contributed by atoms with Gasteiger partial charge in [-0.05, 0) is 55.8 Å². The van der Waals surface area contributed by atoms with E-state index in [2.05, 4.69) is 39.6 Å². The van der Waals surface area contributed by atoms with Gasteiger partial charge in [0.25, 0.3) is 0 Å². The summed E-state index contributed by atoms with van der Waals surface area (Å²) in [6.07, 6.45) is 8.74. The van der Waals surface area contributed by atoms with Crippen LogP contribution in [0.15, 0.2) is 30.3 Å². The minimum absolute atomic E-state index is 0.831. The number of fused-ring (bicyclic) bond motifs is 1. The maximum Gasteiger partial charge on any atom is 0.202 e. The maximum atomic E-state index is 5.70. The maximum absolute atomic E-state index is 5.70. The Kier molecular flexibility index (Phi) is 5.32. The summed E-state index contributed by atoms with van der Waals surface area (Å²) in [6, 6.07) is 10.9. The second-order valence-electron chi connectivity index (χ2n) is 7.70. The molecule has 0 aliphatic carbocycles. The molecule has 3 heterocycles. The molecule has 1 fully saturated rings. The van der Waals surface area contributed by atoms with E-state index in [0.29, 0.717) is 0 Å². The lowest BCUT2D eigenvalue weighted by atomic mass is 9.90. The van der Waals surface area contributed by atoms with Gasteiger partial charge in [-0.2, -0.15) is 9.78 Å². The van der Waals surface area contributed by atoms with Crippen molar-refractivity contribution < 1.29 is 4.90 Å². The zero-order valence-corrected chi connectivity index (χ0v) is 15.8. The van der Waals surface area contributed by atoms with Crippen molar-refractivity contribution in [3.63, 3.8) is 0 Å². The second-order valence-corrected chi connectivity index (χ2v) is 8.07. The zero-order chi connectivity index (χ0) is 17.1. The van der Waals surface area contributed by atoms with Crippen LogP contribution in [0.3, 0.4) is 0 Å². The van der Waals surface area contributed by atoms with Crippen molar-refractivity contribution in [2.75, 3.05) is 13.1 Å². The first kappa shape index (κ1) is 17.0. The Bertz CT molecular complexity index is 741. The molecule has 134 valence electrons. The number of nitrogens with one attached hydrogen (secondary N) is 1. The molecule has 1 N–H and O–H groups in total. The Morgan fingerprint density at radius 1 is 1.08 bits per heavy atom. The number of aryl methyl sites for hydroxylation is 1. The topological polar surface area (TPSA) is 27.2 Å². The number of likely N-dealkylation sites (tertiary alicyclic amines) is 1. The lowest BCUT2D eigenvalue weighted by Gasteiger charge is -2.29. The summed E-state index contributed by atoms with van der Waals surface area (Å²) in [5.41, 5.74) is 1.48. The van der Waals surface area contributed by atoms with Crippen molar-refractivity contribution in [2.24, 2.45) is 5.92 Å². The minimum Gasteiger partial charge on any atom is -0.316 e.